The first kappa shape index (κ1) is 21.0. The SMILES string of the molecule is CCNC(=NCc1ccc(S(C)(=O)=O)cc1)NCC(C)(O)c1ccc(C)o1. The topological polar surface area (TPSA) is 104 Å². The van der Waals surface area contributed by atoms with E-state index in [1.54, 1.807) is 37.3 Å². The molecule has 1 atom stereocenters. The Morgan fingerprint density at radius 2 is 1.85 bits per heavy atom. The molecule has 148 valence electrons. The molecule has 1 aromatic heterocycles. The van der Waals surface area contributed by atoms with E-state index in [2.05, 4.69) is 15.6 Å². The zero-order valence-electron chi connectivity index (χ0n) is 16.1. The molecule has 0 aliphatic heterocycles. The standard InChI is InChI=1S/C19H27N3O4S/c1-5-20-18(22-13-19(3,23)17-11-6-14(2)26-17)21-12-15-7-9-16(10-8-15)27(4,24)25/h6-11,23H,5,12-13H2,1-4H3,(H2,20,21,22). The van der Waals surface area contributed by atoms with Crippen LogP contribution in [0.2, 0.25) is 0 Å². The maximum atomic E-state index is 11.5. The van der Waals surface area contributed by atoms with Crippen LogP contribution in [0.5, 0.6) is 0 Å². The highest BCUT2D eigenvalue weighted by Gasteiger charge is 2.27. The molecule has 0 saturated carbocycles. The zero-order chi connectivity index (χ0) is 20.1. The number of benzene rings is 1. The van der Waals surface area contributed by atoms with Gasteiger partial charge >= 0.3 is 0 Å². The van der Waals surface area contributed by atoms with Crippen LogP contribution in [0.3, 0.4) is 0 Å². The first-order chi connectivity index (χ1) is 12.6. The Morgan fingerprint density at radius 1 is 1.19 bits per heavy atom. The van der Waals surface area contributed by atoms with E-state index in [0.29, 0.717) is 24.8 Å². The molecule has 0 radical (unpaired) electrons. The van der Waals surface area contributed by atoms with Crippen molar-refractivity contribution in [3.05, 3.63) is 53.5 Å². The highest BCUT2D eigenvalue weighted by molar-refractivity contribution is 7.90. The quantitative estimate of drug-likeness (QED) is 0.491. The average Bonchev–Trinajstić information content (AvgIpc) is 3.04. The number of rotatable bonds is 7. The van der Waals surface area contributed by atoms with Crippen LogP contribution in [-0.4, -0.2) is 38.8 Å². The van der Waals surface area contributed by atoms with Crippen molar-refractivity contribution in [2.24, 2.45) is 4.99 Å². The van der Waals surface area contributed by atoms with E-state index >= 15 is 0 Å². The molecule has 0 fully saturated rings. The summed E-state index contributed by atoms with van der Waals surface area (Å²) in [6, 6.07) is 10.2. The van der Waals surface area contributed by atoms with Crippen LogP contribution in [-0.2, 0) is 22.0 Å². The molecule has 0 amide bonds. The fraction of sp³-hybridized carbons (Fsp3) is 0.421. The predicted molar refractivity (Wildman–Crippen MR) is 105 cm³/mol. The third-order valence-electron chi connectivity index (χ3n) is 3.99. The normalized spacial score (nSPS) is 14.6. The van der Waals surface area contributed by atoms with Crippen molar-refractivity contribution >= 4 is 15.8 Å². The lowest BCUT2D eigenvalue weighted by molar-refractivity contribution is 0.0378. The number of aliphatic hydroxyl groups is 1. The summed E-state index contributed by atoms with van der Waals surface area (Å²) >= 11 is 0. The molecule has 3 N–H and O–H groups in total. The molecule has 7 nitrogen and oxygen atoms in total. The van der Waals surface area contributed by atoms with E-state index in [1.807, 2.05) is 19.9 Å². The first-order valence-electron chi connectivity index (χ1n) is 8.72. The number of furan rings is 1. The lowest BCUT2D eigenvalue weighted by Crippen LogP contribution is -2.44. The molecule has 1 aromatic carbocycles. The number of aryl methyl sites for hydroxylation is 1. The van der Waals surface area contributed by atoms with Gasteiger partial charge in [0, 0.05) is 12.8 Å². The molecular formula is C19H27N3O4S. The summed E-state index contributed by atoms with van der Waals surface area (Å²) in [6.45, 7) is 6.71. The predicted octanol–water partition coefficient (Wildman–Crippen LogP) is 1.95. The molecule has 0 spiro atoms. The molecule has 1 unspecified atom stereocenters. The van der Waals surface area contributed by atoms with Gasteiger partial charge in [0.25, 0.3) is 0 Å². The van der Waals surface area contributed by atoms with Crippen LogP contribution in [0.4, 0.5) is 0 Å². The Kier molecular flexibility index (Phi) is 6.67. The molecule has 2 rings (SSSR count). The van der Waals surface area contributed by atoms with Crippen molar-refractivity contribution in [2.45, 2.75) is 37.8 Å². The third kappa shape index (κ3) is 6.11. The van der Waals surface area contributed by atoms with E-state index in [9.17, 15) is 13.5 Å². The monoisotopic (exact) mass is 393 g/mol. The van der Waals surface area contributed by atoms with Gasteiger partial charge in [-0.2, -0.15) is 0 Å². The maximum absolute atomic E-state index is 11.5. The molecule has 8 heteroatoms. The average molecular weight is 394 g/mol. The summed E-state index contributed by atoms with van der Waals surface area (Å²) in [7, 11) is -3.21. The van der Waals surface area contributed by atoms with E-state index in [-0.39, 0.29) is 11.4 Å². The van der Waals surface area contributed by atoms with Gasteiger partial charge in [0.1, 0.15) is 17.1 Å². The minimum atomic E-state index is -3.21. The molecule has 0 saturated heterocycles. The van der Waals surface area contributed by atoms with Crippen molar-refractivity contribution in [2.75, 3.05) is 19.3 Å². The van der Waals surface area contributed by atoms with E-state index < -0.39 is 15.4 Å². The molecule has 0 aliphatic rings. The van der Waals surface area contributed by atoms with Gasteiger partial charge in [0.05, 0.1) is 18.0 Å². The second-order valence-electron chi connectivity index (χ2n) is 6.65. The Hall–Kier alpha value is -2.32. The summed E-state index contributed by atoms with van der Waals surface area (Å²) < 4.78 is 28.5. The second kappa shape index (κ2) is 8.58. The number of hydrogen-bond acceptors (Lipinski definition) is 5. The summed E-state index contributed by atoms with van der Waals surface area (Å²) in [5.41, 5.74) is -0.297. The number of hydrogen-bond donors (Lipinski definition) is 3. The van der Waals surface area contributed by atoms with E-state index in [0.717, 1.165) is 11.3 Å². The number of nitrogens with one attached hydrogen (secondary N) is 2. The smallest absolute Gasteiger partial charge is 0.191 e. The molecule has 2 aromatic rings. The van der Waals surface area contributed by atoms with Gasteiger partial charge in [-0.05, 0) is 50.6 Å². The van der Waals surface area contributed by atoms with Gasteiger partial charge < -0.3 is 20.2 Å². The first-order valence-corrected chi connectivity index (χ1v) is 10.6. The van der Waals surface area contributed by atoms with Crippen molar-refractivity contribution in [1.29, 1.82) is 0 Å². The molecule has 0 bridgehead atoms. The molecule has 0 aliphatic carbocycles. The maximum Gasteiger partial charge on any atom is 0.191 e. The van der Waals surface area contributed by atoms with Gasteiger partial charge in [0.15, 0.2) is 15.8 Å². The van der Waals surface area contributed by atoms with Crippen LogP contribution in [0.1, 0.15) is 30.9 Å². The Labute approximate surface area is 160 Å². The van der Waals surface area contributed by atoms with Crippen molar-refractivity contribution in [3.8, 4) is 0 Å². The molecular weight excluding hydrogens is 366 g/mol. The number of nitrogens with zero attached hydrogens (tertiary/aromatic N) is 1. The lowest BCUT2D eigenvalue weighted by Gasteiger charge is -2.22. The van der Waals surface area contributed by atoms with Crippen LogP contribution in [0, 0.1) is 6.92 Å². The Morgan fingerprint density at radius 3 is 2.37 bits per heavy atom. The van der Waals surface area contributed by atoms with Crippen molar-refractivity contribution < 1.29 is 17.9 Å². The summed E-state index contributed by atoms with van der Waals surface area (Å²) in [6.07, 6.45) is 1.18. The number of aliphatic imine (C=N–C) groups is 1. The van der Waals surface area contributed by atoms with Crippen LogP contribution in [0.15, 0.2) is 50.7 Å². The third-order valence-corrected chi connectivity index (χ3v) is 5.12. The van der Waals surface area contributed by atoms with Gasteiger partial charge in [0.2, 0.25) is 0 Å². The highest BCUT2D eigenvalue weighted by Crippen LogP contribution is 2.21. The second-order valence-corrected chi connectivity index (χ2v) is 8.66. The number of guanidine groups is 1. The Bertz CT molecular complexity index is 884. The summed E-state index contributed by atoms with van der Waals surface area (Å²) in [5.74, 6) is 1.77. The minimum Gasteiger partial charge on any atom is -0.463 e. The van der Waals surface area contributed by atoms with Crippen molar-refractivity contribution in [1.82, 2.24) is 10.6 Å². The van der Waals surface area contributed by atoms with Gasteiger partial charge in [-0.25, -0.2) is 13.4 Å². The van der Waals surface area contributed by atoms with Crippen molar-refractivity contribution in [3.63, 3.8) is 0 Å². The van der Waals surface area contributed by atoms with Gasteiger partial charge in [-0.3, -0.25) is 0 Å². The minimum absolute atomic E-state index is 0.221. The van der Waals surface area contributed by atoms with Crippen LogP contribution in [0.25, 0.3) is 0 Å². The number of sulfone groups is 1. The zero-order valence-corrected chi connectivity index (χ0v) is 16.9. The van der Waals surface area contributed by atoms with E-state index in [4.69, 9.17) is 4.42 Å². The van der Waals surface area contributed by atoms with Crippen LogP contribution < -0.4 is 10.6 Å². The molecule has 1 heterocycles. The Balaban J connectivity index is 2.03. The molecule has 27 heavy (non-hydrogen) atoms. The van der Waals surface area contributed by atoms with Crippen LogP contribution >= 0.6 is 0 Å². The fourth-order valence-corrected chi connectivity index (χ4v) is 3.05. The van der Waals surface area contributed by atoms with E-state index in [1.165, 1.54) is 6.26 Å². The fourth-order valence-electron chi connectivity index (χ4n) is 2.42. The summed E-state index contributed by atoms with van der Waals surface area (Å²) in [5, 5.41) is 16.8. The lowest BCUT2D eigenvalue weighted by atomic mass is 10.0. The summed E-state index contributed by atoms with van der Waals surface area (Å²) in [4.78, 5) is 4.76. The highest BCUT2D eigenvalue weighted by atomic mass is 32.2. The van der Waals surface area contributed by atoms with Gasteiger partial charge in [-0.15, -0.1) is 0 Å². The van der Waals surface area contributed by atoms with Gasteiger partial charge in [-0.1, -0.05) is 12.1 Å². The largest absolute Gasteiger partial charge is 0.463 e.